The van der Waals surface area contributed by atoms with Gasteiger partial charge in [0.2, 0.25) is 0 Å². The summed E-state index contributed by atoms with van der Waals surface area (Å²) < 4.78 is 0.664. The lowest BCUT2D eigenvalue weighted by Crippen LogP contribution is -1.95. The Labute approximate surface area is 133 Å². The lowest BCUT2D eigenvalue weighted by Gasteiger charge is -2.06. The van der Waals surface area contributed by atoms with Crippen molar-refractivity contribution in [1.82, 2.24) is 4.98 Å². The topological polar surface area (TPSA) is 30.0 Å². The second-order valence-corrected chi connectivity index (χ2v) is 6.59. The van der Waals surface area contributed by atoms with Crippen molar-refractivity contribution >= 4 is 62.3 Å². The minimum absolute atomic E-state index is 0.388. The number of hydrogen-bond acceptors (Lipinski definition) is 3. The maximum Gasteiger partial charge on any atom is 0.253 e. The van der Waals surface area contributed by atoms with Crippen LogP contribution in [0.1, 0.15) is 10.4 Å². The van der Waals surface area contributed by atoms with Crippen LogP contribution in [0.15, 0.2) is 36.4 Å². The summed E-state index contributed by atoms with van der Waals surface area (Å²) in [6.45, 7) is 0. The molecule has 0 aliphatic heterocycles. The molecule has 20 heavy (non-hydrogen) atoms. The minimum Gasteiger partial charge on any atom is -0.276 e. The molecule has 0 unspecified atom stereocenters. The monoisotopic (exact) mass is 341 g/mol. The van der Waals surface area contributed by atoms with Crippen LogP contribution in [0.3, 0.4) is 0 Å². The Hall–Kier alpha value is -1.13. The zero-order valence-electron chi connectivity index (χ0n) is 9.86. The molecule has 0 radical (unpaired) electrons. The fraction of sp³-hybridized carbons (Fsp3) is 0. The van der Waals surface area contributed by atoms with E-state index in [9.17, 15) is 4.79 Å². The van der Waals surface area contributed by atoms with Gasteiger partial charge in [-0.25, -0.2) is 4.98 Å². The van der Waals surface area contributed by atoms with E-state index in [2.05, 4.69) is 4.98 Å². The van der Waals surface area contributed by atoms with E-state index in [1.54, 1.807) is 30.3 Å². The third-order valence-electron chi connectivity index (χ3n) is 2.81. The number of nitrogens with zero attached hydrogens (tertiary/aromatic N) is 1. The maximum atomic E-state index is 11.6. The molecule has 3 rings (SSSR count). The Morgan fingerprint density at radius 2 is 1.90 bits per heavy atom. The smallest absolute Gasteiger partial charge is 0.253 e. The number of pyridine rings is 1. The molecule has 2 heterocycles. The van der Waals surface area contributed by atoms with E-state index in [0.29, 0.717) is 31.5 Å². The molecular formula is C14H6Cl3NOS. The molecule has 0 spiro atoms. The first kappa shape index (κ1) is 13.8. The molecule has 0 amide bonds. The van der Waals surface area contributed by atoms with E-state index in [-0.39, 0.29) is 0 Å². The third kappa shape index (κ3) is 2.54. The molecular weight excluding hydrogens is 337 g/mol. The van der Waals surface area contributed by atoms with Gasteiger partial charge in [0, 0.05) is 16.0 Å². The van der Waals surface area contributed by atoms with Gasteiger partial charge in [-0.1, -0.05) is 23.2 Å². The average molecular weight is 343 g/mol. The largest absolute Gasteiger partial charge is 0.276 e. The standard InChI is InChI=1S/C14H6Cl3NOS/c15-7-1-2-10-8(5-7)9(14(17)19)6-11(18-10)12-3-4-13(16)20-12/h1-6H. The zero-order valence-corrected chi connectivity index (χ0v) is 12.9. The van der Waals surface area contributed by atoms with Gasteiger partial charge in [-0.05, 0) is 48.0 Å². The molecule has 2 nitrogen and oxygen atoms in total. The predicted octanol–water partition coefficient (Wildman–Crippen LogP) is 5.65. The Morgan fingerprint density at radius 3 is 2.55 bits per heavy atom. The van der Waals surface area contributed by atoms with Crippen molar-refractivity contribution in [3.05, 3.63) is 51.3 Å². The number of carbonyl (C=O) groups excluding carboxylic acids is 1. The molecule has 0 saturated heterocycles. The summed E-state index contributed by atoms with van der Waals surface area (Å²) >= 11 is 19.0. The van der Waals surface area contributed by atoms with Gasteiger partial charge < -0.3 is 0 Å². The van der Waals surface area contributed by atoms with Crippen molar-refractivity contribution in [3.8, 4) is 10.6 Å². The van der Waals surface area contributed by atoms with Gasteiger partial charge in [0.15, 0.2) is 0 Å². The molecule has 1 aromatic carbocycles. The highest BCUT2D eigenvalue weighted by Gasteiger charge is 2.13. The van der Waals surface area contributed by atoms with Gasteiger partial charge >= 0.3 is 0 Å². The highest BCUT2D eigenvalue weighted by atomic mass is 35.5. The highest BCUT2D eigenvalue weighted by molar-refractivity contribution is 7.19. The first-order valence-electron chi connectivity index (χ1n) is 5.60. The van der Waals surface area contributed by atoms with Crippen molar-refractivity contribution in [2.45, 2.75) is 0 Å². The van der Waals surface area contributed by atoms with Crippen LogP contribution in [0.5, 0.6) is 0 Å². The van der Waals surface area contributed by atoms with Gasteiger partial charge in [-0.15, -0.1) is 11.3 Å². The maximum absolute atomic E-state index is 11.6. The highest BCUT2D eigenvalue weighted by Crippen LogP contribution is 2.33. The summed E-state index contributed by atoms with van der Waals surface area (Å²) in [6, 6.07) is 10.5. The lowest BCUT2D eigenvalue weighted by atomic mass is 10.1. The van der Waals surface area contributed by atoms with Crippen LogP contribution in [0.2, 0.25) is 9.36 Å². The second kappa shape index (κ2) is 5.34. The lowest BCUT2D eigenvalue weighted by molar-refractivity contribution is 0.108. The molecule has 0 aliphatic rings. The quantitative estimate of drug-likeness (QED) is 0.563. The minimum atomic E-state index is -0.538. The van der Waals surface area contributed by atoms with Gasteiger partial charge in [-0.3, -0.25) is 4.79 Å². The number of benzene rings is 1. The molecule has 0 atom stereocenters. The van der Waals surface area contributed by atoms with E-state index >= 15 is 0 Å². The van der Waals surface area contributed by atoms with Crippen LogP contribution in [0.25, 0.3) is 21.5 Å². The number of aromatic nitrogens is 1. The summed E-state index contributed by atoms with van der Waals surface area (Å²) in [6.07, 6.45) is 0. The van der Waals surface area contributed by atoms with E-state index in [1.165, 1.54) is 11.3 Å². The number of hydrogen-bond donors (Lipinski definition) is 0. The number of thiophene rings is 1. The van der Waals surface area contributed by atoms with Crippen LogP contribution in [0.4, 0.5) is 0 Å². The number of rotatable bonds is 2. The predicted molar refractivity (Wildman–Crippen MR) is 85.3 cm³/mol. The first-order valence-corrected chi connectivity index (χ1v) is 7.55. The van der Waals surface area contributed by atoms with Crippen molar-refractivity contribution in [2.75, 3.05) is 0 Å². The van der Waals surface area contributed by atoms with E-state index in [0.717, 1.165) is 4.88 Å². The van der Waals surface area contributed by atoms with Crippen molar-refractivity contribution in [1.29, 1.82) is 0 Å². The van der Waals surface area contributed by atoms with E-state index in [1.807, 2.05) is 6.07 Å². The van der Waals surface area contributed by atoms with E-state index in [4.69, 9.17) is 34.8 Å². The first-order chi connectivity index (χ1) is 9.54. The molecule has 2 aromatic heterocycles. The Morgan fingerprint density at radius 1 is 1.10 bits per heavy atom. The van der Waals surface area contributed by atoms with Crippen molar-refractivity contribution in [3.63, 3.8) is 0 Å². The van der Waals surface area contributed by atoms with Crippen LogP contribution < -0.4 is 0 Å². The summed E-state index contributed by atoms with van der Waals surface area (Å²) in [5.41, 5.74) is 1.72. The van der Waals surface area contributed by atoms with Crippen LogP contribution in [-0.2, 0) is 0 Å². The van der Waals surface area contributed by atoms with Crippen LogP contribution >= 0.6 is 46.1 Å². The number of fused-ring (bicyclic) bond motifs is 1. The second-order valence-electron chi connectivity index (χ2n) is 4.09. The van der Waals surface area contributed by atoms with Crippen molar-refractivity contribution in [2.24, 2.45) is 0 Å². The summed E-state index contributed by atoms with van der Waals surface area (Å²) in [7, 11) is 0. The van der Waals surface area contributed by atoms with Crippen LogP contribution in [0, 0.1) is 0 Å². The normalized spacial score (nSPS) is 10.9. The fourth-order valence-electron chi connectivity index (χ4n) is 1.94. The Kier molecular flexibility index (Phi) is 3.69. The zero-order chi connectivity index (χ0) is 14.3. The molecule has 100 valence electrons. The molecule has 0 fully saturated rings. The van der Waals surface area contributed by atoms with Gasteiger partial charge in [-0.2, -0.15) is 0 Å². The van der Waals surface area contributed by atoms with Gasteiger partial charge in [0.05, 0.1) is 20.4 Å². The fourth-order valence-corrected chi connectivity index (χ4v) is 3.27. The molecule has 0 aliphatic carbocycles. The Balaban J connectivity index is 2.31. The number of carbonyl (C=O) groups is 1. The molecule has 6 heteroatoms. The van der Waals surface area contributed by atoms with E-state index < -0.39 is 5.24 Å². The summed E-state index contributed by atoms with van der Waals surface area (Å²) in [5.74, 6) is 0. The summed E-state index contributed by atoms with van der Waals surface area (Å²) in [5, 5.41) is 0.637. The Bertz CT molecular complexity index is 828. The molecule has 0 N–H and O–H groups in total. The molecule has 0 bridgehead atoms. The summed E-state index contributed by atoms with van der Waals surface area (Å²) in [4.78, 5) is 17.0. The SMILES string of the molecule is O=C(Cl)c1cc(-c2ccc(Cl)s2)nc2ccc(Cl)cc12. The number of halogens is 3. The van der Waals surface area contributed by atoms with Crippen molar-refractivity contribution < 1.29 is 4.79 Å². The van der Waals surface area contributed by atoms with Gasteiger partial charge in [0.25, 0.3) is 5.24 Å². The molecule has 3 aromatic rings. The average Bonchev–Trinajstić information content (AvgIpc) is 2.84. The van der Waals surface area contributed by atoms with Gasteiger partial charge in [0.1, 0.15) is 0 Å². The molecule has 0 saturated carbocycles. The van der Waals surface area contributed by atoms with Crippen LogP contribution in [-0.4, -0.2) is 10.2 Å². The third-order valence-corrected chi connectivity index (χ3v) is 4.50.